The maximum absolute atomic E-state index is 11.2. The van der Waals surface area contributed by atoms with E-state index in [1.807, 2.05) is 0 Å². The van der Waals surface area contributed by atoms with Crippen LogP contribution in [0.5, 0.6) is 0 Å². The number of aromatic nitrogens is 1. The third kappa shape index (κ3) is 3.28. The van der Waals surface area contributed by atoms with E-state index in [1.165, 1.54) is 12.1 Å². The number of carbonyl (C=O) groups excluding carboxylic acids is 2. The number of amides is 2. The maximum atomic E-state index is 11.2. The molecule has 0 aromatic carbocycles. The molecule has 0 bridgehead atoms. The molecule has 0 atom stereocenters. The first kappa shape index (κ1) is 12.7. The van der Waals surface area contributed by atoms with E-state index < -0.39 is 11.8 Å². The van der Waals surface area contributed by atoms with Gasteiger partial charge in [0, 0.05) is 14.3 Å². The third-order valence-corrected chi connectivity index (χ3v) is 1.96. The monoisotopic (exact) mass is 295 g/mol. The summed E-state index contributed by atoms with van der Waals surface area (Å²) in [5, 5.41) is 5.65. The zero-order valence-electron chi connectivity index (χ0n) is 7.98. The van der Waals surface area contributed by atoms with Crippen LogP contribution in [0.2, 0.25) is 0 Å². The van der Waals surface area contributed by atoms with E-state index in [0.717, 1.165) is 0 Å². The van der Waals surface area contributed by atoms with Crippen molar-refractivity contribution in [2.24, 2.45) is 10.2 Å². The van der Waals surface area contributed by atoms with Crippen LogP contribution in [0.15, 0.2) is 26.8 Å². The second-order valence-corrected chi connectivity index (χ2v) is 3.46. The van der Waals surface area contributed by atoms with Crippen molar-refractivity contribution in [2.45, 2.75) is 0 Å². The van der Waals surface area contributed by atoms with Crippen LogP contribution < -0.4 is 0 Å². The first-order valence-corrected chi connectivity index (χ1v) is 4.74. The maximum Gasteiger partial charge on any atom is 0.267 e. The first-order valence-electron chi connectivity index (χ1n) is 3.95. The molecule has 17 heavy (non-hydrogen) atoms. The Kier molecular flexibility index (Phi) is 4.18. The minimum Gasteiger partial charge on any atom is -0.285 e. The molecule has 10 heteroatoms. The Balaban J connectivity index is 3.28. The largest absolute Gasteiger partial charge is 0.285 e. The summed E-state index contributed by atoms with van der Waals surface area (Å²) >= 11 is 3.04. The van der Waals surface area contributed by atoms with Crippen LogP contribution in [-0.4, -0.2) is 16.8 Å². The van der Waals surface area contributed by atoms with Gasteiger partial charge in [-0.05, 0) is 33.4 Å². The van der Waals surface area contributed by atoms with Crippen LogP contribution in [0.1, 0.15) is 21.0 Å². The Labute approximate surface area is 102 Å². The number of rotatable bonds is 2. The molecular formula is C7H2BrN7O2. The van der Waals surface area contributed by atoms with E-state index in [4.69, 9.17) is 11.1 Å². The zero-order valence-corrected chi connectivity index (χ0v) is 9.57. The Morgan fingerprint density at radius 2 is 1.53 bits per heavy atom. The number of hydrogen-bond acceptors (Lipinski definition) is 3. The third-order valence-electron chi connectivity index (χ3n) is 1.50. The molecule has 0 unspecified atom stereocenters. The van der Waals surface area contributed by atoms with E-state index in [0.29, 0.717) is 4.47 Å². The second-order valence-electron chi connectivity index (χ2n) is 2.55. The molecule has 1 aromatic heterocycles. The molecule has 2 amide bonds. The molecule has 0 aliphatic carbocycles. The fourth-order valence-corrected chi connectivity index (χ4v) is 1.33. The van der Waals surface area contributed by atoms with E-state index in [-0.39, 0.29) is 11.4 Å². The number of nitrogens with zero attached hydrogens (tertiary/aromatic N) is 7. The lowest BCUT2D eigenvalue weighted by Gasteiger charge is -1.99. The van der Waals surface area contributed by atoms with Crippen molar-refractivity contribution in [2.75, 3.05) is 0 Å². The summed E-state index contributed by atoms with van der Waals surface area (Å²) in [5.74, 6) is -1.88. The quantitative estimate of drug-likeness (QED) is 0.469. The summed E-state index contributed by atoms with van der Waals surface area (Å²) < 4.78 is 0.362. The van der Waals surface area contributed by atoms with Crippen LogP contribution in [0, 0.1) is 0 Å². The van der Waals surface area contributed by atoms with Gasteiger partial charge in [0.05, 0.1) is 0 Å². The SMILES string of the molecule is [N-]=[N+]=NC(=O)c1cc(Br)cc(C(=O)N=[N+]=[N-])n1. The van der Waals surface area contributed by atoms with E-state index in [2.05, 4.69) is 41.0 Å². The van der Waals surface area contributed by atoms with Gasteiger partial charge in [-0.15, -0.1) is 0 Å². The van der Waals surface area contributed by atoms with Gasteiger partial charge >= 0.3 is 0 Å². The number of carbonyl (C=O) groups is 2. The predicted molar refractivity (Wildman–Crippen MR) is 58.9 cm³/mol. The molecule has 0 N–H and O–H groups in total. The lowest BCUT2D eigenvalue weighted by atomic mass is 10.3. The van der Waals surface area contributed by atoms with Crippen LogP contribution in [0.25, 0.3) is 20.9 Å². The minimum atomic E-state index is -0.941. The summed E-state index contributed by atoms with van der Waals surface area (Å²) in [4.78, 5) is 30.6. The molecule has 0 fully saturated rings. The van der Waals surface area contributed by atoms with E-state index in [9.17, 15) is 9.59 Å². The summed E-state index contributed by atoms with van der Waals surface area (Å²) in [6.45, 7) is 0. The van der Waals surface area contributed by atoms with Crippen molar-refractivity contribution in [1.29, 1.82) is 0 Å². The zero-order chi connectivity index (χ0) is 12.8. The molecule has 84 valence electrons. The Bertz CT molecular complexity index is 538. The van der Waals surface area contributed by atoms with Gasteiger partial charge in [0.1, 0.15) is 11.4 Å². The van der Waals surface area contributed by atoms with Crippen LogP contribution in [0.3, 0.4) is 0 Å². The fraction of sp³-hybridized carbons (Fsp3) is 0. The van der Waals surface area contributed by atoms with Gasteiger partial charge in [0.2, 0.25) is 0 Å². The number of azide groups is 2. The Morgan fingerprint density at radius 1 is 1.12 bits per heavy atom. The lowest BCUT2D eigenvalue weighted by molar-refractivity contribution is 0.0992. The molecule has 1 aromatic rings. The van der Waals surface area contributed by atoms with Crippen LogP contribution >= 0.6 is 15.9 Å². The highest BCUT2D eigenvalue weighted by atomic mass is 79.9. The molecule has 0 aliphatic rings. The van der Waals surface area contributed by atoms with Gasteiger partial charge in [-0.2, -0.15) is 0 Å². The highest BCUT2D eigenvalue weighted by molar-refractivity contribution is 9.10. The molecular weight excluding hydrogens is 294 g/mol. The Morgan fingerprint density at radius 3 is 1.88 bits per heavy atom. The predicted octanol–water partition coefficient (Wildman–Crippen LogP) is 2.75. The van der Waals surface area contributed by atoms with Gasteiger partial charge in [-0.25, -0.2) is 4.98 Å². The number of halogens is 1. The minimum absolute atomic E-state index is 0.228. The molecule has 0 radical (unpaired) electrons. The van der Waals surface area contributed by atoms with Crippen molar-refractivity contribution in [3.8, 4) is 0 Å². The van der Waals surface area contributed by atoms with Gasteiger partial charge in [0.25, 0.3) is 11.8 Å². The van der Waals surface area contributed by atoms with E-state index in [1.54, 1.807) is 0 Å². The summed E-state index contributed by atoms with van der Waals surface area (Å²) in [6, 6.07) is 2.54. The smallest absolute Gasteiger partial charge is 0.267 e. The molecule has 0 aliphatic heterocycles. The average Bonchev–Trinajstić information content (AvgIpc) is 2.29. The normalized spacial score (nSPS) is 8.76. The number of hydrogen-bond donors (Lipinski definition) is 0. The van der Waals surface area contributed by atoms with Crippen molar-refractivity contribution in [3.05, 3.63) is 48.9 Å². The highest BCUT2D eigenvalue weighted by Gasteiger charge is 2.12. The lowest BCUT2D eigenvalue weighted by Crippen LogP contribution is -2.05. The van der Waals surface area contributed by atoms with Gasteiger partial charge < -0.3 is 0 Å². The summed E-state index contributed by atoms with van der Waals surface area (Å²) in [7, 11) is 0. The van der Waals surface area contributed by atoms with Crippen molar-refractivity contribution >= 4 is 27.7 Å². The molecule has 1 heterocycles. The average molecular weight is 296 g/mol. The summed E-state index contributed by atoms with van der Waals surface area (Å²) in [5.41, 5.74) is 15.7. The molecule has 0 saturated heterocycles. The standard InChI is InChI=1S/C7H2BrN7O2/c8-3-1-4(6(16)12-14-9)11-5(2-3)7(17)13-15-10/h1-2H. The topological polar surface area (TPSA) is 145 Å². The second kappa shape index (κ2) is 5.61. The van der Waals surface area contributed by atoms with E-state index >= 15 is 0 Å². The van der Waals surface area contributed by atoms with Gasteiger partial charge in [0.15, 0.2) is 0 Å². The van der Waals surface area contributed by atoms with Crippen molar-refractivity contribution in [1.82, 2.24) is 4.98 Å². The fourth-order valence-electron chi connectivity index (χ4n) is 0.900. The van der Waals surface area contributed by atoms with Crippen LogP contribution in [-0.2, 0) is 0 Å². The number of pyridine rings is 1. The van der Waals surface area contributed by atoms with Gasteiger partial charge in [-0.3, -0.25) is 9.59 Å². The first-order chi connectivity index (χ1) is 8.08. The van der Waals surface area contributed by atoms with Gasteiger partial charge in [-0.1, -0.05) is 15.9 Å². The molecule has 9 nitrogen and oxygen atoms in total. The molecule has 1 rings (SSSR count). The summed E-state index contributed by atoms with van der Waals surface area (Å²) in [6.07, 6.45) is 0. The highest BCUT2D eigenvalue weighted by Crippen LogP contribution is 2.14. The van der Waals surface area contributed by atoms with Crippen LogP contribution in [0.4, 0.5) is 0 Å². The molecule has 0 saturated carbocycles. The van der Waals surface area contributed by atoms with Crippen molar-refractivity contribution in [3.63, 3.8) is 0 Å². The molecule has 0 spiro atoms. The Hall–Kier alpha value is -2.41. The van der Waals surface area contributed by atoms with Crippen molar-refractivity contribution < 1.29 is 9.59 Å².